The smallest absolute Gasteiger partial charge is 0.418 e. The Bertz CT molecular complexity index is 949. The summed E-state index contributed by atoms with van der Waals surface area (Å²) in [5, 5.41) is 21.0. The maximum absolute atomic E-state index is 13.0. The Morgan fingerprint density at radius 1 is 0.900 bits per heavy atom. The van der Waals surface area contributed by atoms with E-state index in [1.807, 2.05) is 84.9 Å². The predicted octanol–water partition coefficient (Wildman–Crippen LogP) is 4.76. The second kappa shape index (κ2) is 8.69. The molecule has 0 spiro atoms. The van der Waals surface area contributed by atoms with Crippen molar-refractivity contribution < 1.29 is 19.7 Å². The SMILES string of the molecule is O=C(OCCC1c2ccccc2CCC1(O)O)N(c1ccccc1)c1ccccc1. The minimum absolute atomic E-state index is 0.0802. The van der Waals surface area contributed by atoms with Crippen LogP contribution in [0.5, 0.6) is 0 Å². The molecule has 0 fully saturated rings. The van der Waals surface area contributed by atoms with Crippen LogP contribution in [0.25, 0.3) is 0 Å². The molecule has 0 radical (unpaired) electrons. The maximum atomic E-state index is 13.0. The third kappa shape index (κ3) is 4.22. The van der Waals surface area contributed by atoms with E-state index in [-0.39, 0.29) is 13.0 Å². The van der Waals surface area contributed by atoms with E-state index in [4.69, 9.17) is 4.74 Å². The summed E-state index contributed by atoms with van der Waals surface area (Å²) in [6, 6.07) is 26.4. The van der Waals surface area contributed by atoms with Gasteiger partial charge in [0.1, 0.15) is 0 Å². The molecular weight excluding hydrogens is 378 g/mol. The molecule has 1 aliphatic rings. The third-order valence-corrected chi connectivity index (χ3v) is 5.59. The fourth-order valence-corrected chi connectivity index (χ4v) is 4.07. The van der Waals surface area contributed by atoms with Gasteiger partial charge in [-0.3, -0.25) is 0 Å². The lowest BCUT2D eigenvalue weighted by molar-refractivity contribution is -0.189. The van der Waals surface area contributed by atoms with E-state index in [0.29, 0.717) is 24.2 Å². The average molecular weight is 403 g/mol. The number of benzene rings is 3. The molecule has 1 aliphatic carbocycles. The fourth-order valence-electron chi connectivity index (χ4n) is 4.07. The van der Waals surface area contributed by atoms with Gasteiger partial charge >= 0.3 is 6.09 Å². The van der Waals surface area contributed by atoms with Crippen LogP contribution in [-0.2, 0) is 11.2 Å². The number of aliphatic hydroxyl groups is 2. The molecule has 0 aromatic heterocycles. The van der Waals surface area contributed by atoms with Crippen LogP contribution in [-0.4, -0.2) is 28.7 Å². The number of aryl methyl sites for hydroxylation is 1. The van der Waals surface area contributed by atoms with Gasteiger partial charge in [-0.15, -0.1) is 0 Å². The van der Waals surface area contributed by atoms with Gasteiger partial charge in [0.05, 0.1) is 18.0 Å². The minimum atomic E-state index is -1.81. The summed E-state index contributed by atoms with van der Waals surface area (Å²) in [4.78, 5) is 14.5. The van der Waals surface area contributed by atoms with Crippen molar-refractivity contribution in [1.29, 1.82) is 0 Å². The van der Waals surface area contributed by atoms with Gasteiger partial charge in [-0.05, 0) is 48.2 Å². The lowest BCUT2D eigenvalue weighted by Crippen LogP contribution is -2.41. The van der Waals surface area contributed by atoms with Gasteiger partial charge < -0.3 is 14.9 Å². The lowest BCUT2D eigenvalue weighted by Gasteiger charge is -2.37. The molecule has 0 saturated carbocycles. The van der Waals surface area contributed by atoms with E-state index in [1.165, 1.54) is 4.90 Å². The zero-order valence-electron chi connectivity index (χ0n) is 16.6. The van der Waals surface area contributed by atoms with E-state index in [2.05, 4.69) is 0 Å². The van der Waals surface area contributed by atoms with Crippen LogP contribution in [0.4, 0.5) is 16.2 Å². The van der Waals surface area contributed by atoms with Crippen molar-refractivity contribution in [3.63, 3.8) is 0 Å². The highest BCUT2D eigenvalue weighted by Gasteiger charge is 2.39. The number of rotatable bonds is 5. The summed E-state index contributed by atoms with van der Waals surface area (Å²) in [6.07, 6.45) is 0.712. The first-order valence-corrected chi connectivity index (χ1v) is 10.2. The van der Waals surface area contributed by atoms with Crippen molar-refractivity contribution in [2.45, 2.75) is 31.0 Å². The molecule has 1 amide bonds. The molecule has 0 heterocycles. The number of anilines is 2. The molecule has 30 heavy (non-hydrogen) atoms. The topological polar surface area (TPSA) is 70.0 Å². The highest BCUT2D eigenvalue weighted by Crippen LogP contribution is 2.40. The number of hydrogen-bond donors (Lipinski definition) is 2. The van der Waals surface area contributed by atoms with Crippen LogP contribution in [0, 0.1) is 0 Å². The largest absolute Gasteiger partial charge is 0.449 e. The van der Waals surface area contributed by atoms with Gasteiger partial charge in [0.15, 0.2) is 5.79 Å². The summed E-state index contributed by atoms with van der Waals surface area (Å²) >= 11 is 0. The number of fused-ring (bicyclic) bond motifs is 1. The Morgan fingerprint density at radius 3 is 2.10 bits per heavy atom. The van der Waals surface area contributed by atoms with Crippen molar-refractivity contribution >= 4 is 17.5 Å². The second-order valence-corrected chi connectivity index (χ2v) is 7.54. The molecule has 5 nitrogen and oxygen atoms in total. The van der Waals surface area contributed by atoms with E-state index < -0.39 is 17.8 Å². The highest BCUT2D eigenvalue weighted by atomic mass is 16.6. The summed E-state index contributed by atoms with van der Waals surface area (Å²) in [6.45, 7) is 0.0802. The van der Waals surface area contributed by atoms with Gasteiger partial charge in [0.2, 0.25) is 0 Å². The Hall–Kier alpha value is -3.15. The van der Waals surface area contributed by atoms with Crippen molar-refractivity contribution in [2.75, 3.05) is 11.5 Å². The van der Waals surface area contributed by atoms with Crippen molar-refractivity contribution in [3.8, 4) is 0 Å². The van der Waals surface area contributed by atoms with E-state index in [9.17, 15) is 15.0 Å². The van der Waals surface area contributed by atoms with Gasteiger partial charge in [0, 0.05) is 12.3 Å². The zero-order chi connectivity index (χ0) is 21.0. The number of nitrogens with zero attached hydrogens (tertiary/aromatic N) is 1. The first-order valence-electron chi connectivity index (χ1n) is 10.2. The number of carbonyl (C=O) groups excluding carboxylic acids is 1. The summed E-state index contributed by atoms with van der Waals surface area (Å²) in [5.74, 6) is -2.31. The lowest BCUT2D eigenvalue weighted by atomic mass is 9.77. The average Bonchev–Trinajstić information content (AvgIpc) is 2.77. The maximum Gasteiger partial charge on any atom is 0.418 e. The first kappa shape index (κ1) is 20.1. The van der Waals surface area contributed by atoms with Gasteiger partial charge in [0.25, 0.3) is 0 Å². The Morgan fingerprint density at radius 2 is 1.47 bits per heavy atom. The van der Waals surface area contributed by atoms with Gasteiger partial charge in [-0.2, -0.15) is 0 Å². The van der Waals surface area contributed by atoms with Crippen molar-refractivity contribution in [3.05, 3.63) is 96.1 Å². The molecule has 3 aromatic rings. The molecule has 154 valence electrons. The molecule has 2 N–H and O–H groups in total. The zero-order valence-corrected chi connectivity index (χ0v) is 16.6. The Balaban J connectivity index is 1.49. The molecule has 0 saturated heterocycles. The summed E-state index contributed by atoms with van der Waals surface area (Å²) < 4.78 is 5.59. The van der Waals surface area contributed by atoms with Crippen LogP contribution in [0.3, 0.4) is 0 Å². The van der Waals surface area contributed by atoms with Crippen molar-refractivity contribution in [2.24, 2.45) is 0 Å². The molecule has 4 rings (SSSR count). The molecule has 1 atom stereocenters. The quantitative estimate of drug-likeness (QED) is 0.603. The van der Waals surface area contributed by atoms with E-state index >= 15 is 0 Å². The standard InChI is InChI=1S/C25H25NO4/c27-24(26(20-10-3-1-4-11-20)21-12-5-2-6-13-21)30-18-16-23-22-14-8-7-9-19(22)15-17-25(23,28)29/h1-14,23,28-29H,15-18H2. The number of ether oxygens (including phenoxy) is 1. The molecule has 0 aliphatic heterocycles. The van der Waals surface area contributed by atoms with Gasteiger partial charge in [-0.1, -0.05) is 60.7 Å². The number of hydrogen-bond acceptors (Lipinski definition) is 4. The fraction of sp³-hybridized carbons (Fsp3) is 0.240. The summed E-state index contributed by atoms with van der Waals surface area (Å²) in [5.41, 5.74) is 3.43. The van der Waals surface area contributed by atoms with Crippen molar-refractivity contribution in [1.82, 2.24) is 0 Å². The Labute approximate surface area is 176 Å². The molecule has 0 bridgehead atoms. The highest BCUT2D eigenvalue weighted by molar-refractivity contribution is 5.95. The molecule has 5 heteroatoms. The molecule has 1 unspecified atom stereocenters. The second-order valence-electron chi connectivity index (χ2n) is 7.54. The van der Waals surface area contributed by atoms with Crippen LogP contribution in [0.1, 0.15) is 29.9 Å². The number of para-hydroxylation sites is 2. The van der Waals surface area contributed by atoms with Crippen LogP contribution >= 0.6 is 0 Å². The number of amides is 1. The monoisotopic (exact) mass is 403 g/mol. The van der Waals surface area contributed by atoms with Crippen LogP contribution in [0.2, 0.25) is 0 Å². The predicted molar refractivity (Wildman–Crippen MR) is 116 cm³/mol. The Kier molecular flexibility index (Phi) is 5.84. The number of carbonyl (C=O) groups is 1. The van der Waals surface area contributed by atoms with Crippen LogP contribution < -0.4 is 4.90 Å². The molecular formula is C25H25NO4. The molecule has 3 aromatic carbocycles. The normalized spacial score (nSPS) is 17.1. The van der Waals surface area contributed by atoms with Crippen LogP contribution in [0.15, 0.2) is 84.9 Å². The minimum Gasteiger partial charge on any atom is -0.449 e. The summed E-state index contributed by atoms with van der Waals surface area (Å²) in [7, 11) is 0. The van der Waals surface area contributed by atoms with E-state index in [1.54, 1.807) is 0 Å². The van der Waals surface area contributed by atoms with Gasteiger partial charge in [-0.25, -0.2) is 9.69 Å². The first-order chi connectivity index (χ1) is 14.6. The van der Waals surface area contributed by atoms with E-state index in [0.717, 1.165) is 11.1 Å². The third-order valence-electron chi connectivity index (χ3n) is 5.59.